The molecule has 2 amide bonds. The lowest BCUT2D eigenvalue weighted by molar-refractivity contribution is 0.123. The van der Waals surface area contributed by atoms with Crippen molar-refractivity contribution in [2.24, 2.45) is 0 Å². The van der Waals surface area contributed by atoms with E-state index in [1.807, 2.05) is 25.7 Å². The zero-order valence-electron chi connectivity index (χ0n) is 18.7. The topological polar surface area (TPSA) is 71.6 Å². The molecule has 30 heavy (non-hydrogen) atoms. The molecule has 164 valence electrons. The van der Waals surface area contributed by atoms with E-state index in [9.17, 15) is 9.90 Å². The number of amides is 2. The van der Waals surface area contributed by atoms with Crippen LogP contribution in [0.1, 0.15) is 55.9 Å². The third kappa shape index (κ3) is 3.61. The third-order valence-electron chi connectivity index (χ3n) is 6.97. The lowest BCUT2D eigenvalue weighted by atomic mass is 9.73. The first-order chi connectivity index (χ1) is 14.4. The number of piperidine rings is 1. The van der Waals surface area contributed by atoms with Crippen LogP contribution < -0.4 is 5.32 Å². The highest BCUT2D eigenvalue weighted by atomic mass is 32.2. The smallest absolute Gasteiger partial charge is 0.317 e. The summed E-state index contributed by atoms with van der Waals surface area (Å²) in [6, 6.07) is 4.86. The normalized spacial score (nSPS) is 24.5. The van der Waals surface area contributed by atoms with Gasteiger partial charge in [-0.05, 0) is 69.7 Å². The Morgan fingerprint density at radius 3 is 2.77 bits per heavy atom. The van der Waals surface area contributed by atoms with Crippen molar-refractivity contribution in [1.29, 1.82) is 0 Å². The Hall–Kier alpha value is -1.70. The number of fused-ring (bicyclic) bond motifs is 2. The molecule has 2 unspecified atom stereocenters. The van der Waals surface area contributed by atoms with Crippen molar-refractivity contribution in [3.8, 4) is 0 Å². The number of likely N-dealkylation sites (tertiary alicyclic amines) is 1. The lowest BCUT2D eigenvalue weighted by Gasteiger charge is -2.46. The molecule has 0 bridgehead atoms. The maximum Gasteiger partial charge on any atom is 0.317 e. The van der Waals surface area contributed by atoms with Crippen molar-refractivity contribution in [3.05, 3.63) is 28.8 Å². The van der Waals surface area contributed by atoms with Gasteiger partial charge in [0.15, 0.2) is 0 Å². The van der Waals surface area contributed by atoms with E-state index >= 15 is 0 Å². The van der Waals surface area contributed by atoms with Crippen LogP contribution in [0.2, 0.25) is 0 Å². The Kier molecular flexibility index (Phi) is 6.06. The fraction of sp³-hybridized carbons (Fsp3) is 0.609. The van der Waals surface area contributed by atoms with Gasteiger partial charge >= 0.3 is 6.03 Å². The van der Waals surface area contributed by atoms with Gasteiger partial charge in [0.2, 0.25) is 0 Å². The predicted molar refractivity (Wildman–Crippen MR) is 123 cm³/mol. The van der Waals surface area contributed by atoms with E-state index < -0.39 is 6.10 Å². The van der Waals surface area contributed by atoms with Crippen molar-refractivity contribution in [1.82, 2.24) is 20.1 Å². The van der Waals surface area contributed by atoms with Crippen LogP contribution >= 0.6 is 11.8 Å². The number of nitrogens with zero attached hydrogens (tertiary/aromatic N) is 2. The second-order valence-electron chi connectivity index (χ2n) is 8.72. The number of aromatic amines is 1. The molecule has 2 heterocycles. The van der Waals surface area contributed by atoms with Gasteiger partial charge in [-0.2, -0.15) is 0 Å². The maximum absolute atomic E-state index is 12.7. The Labute approximate surface area is 183 Å². The molecule has 0 spiro atoms. The predicted octanol–water partition coefficient (Wildman–Crippen LogP) is 3.71. The number of hydrogen-bond donors (Lipinski definition) is 3. The molecule has 0 radical (unpaired) electrons. The van der Waals surface area contributed by atoms with Crippen molar-refractivity contribution in [3.63, 3.8) is 0 Å². The van der Waals surface area contributed by atoms with Gasteiger partial charge in [0, 0.05) is 48.5 Å². The molecule has 6 nitrogen and oxygen atoms in total. The molecule has 1 aliphatic heterocycles. The highest BCUT2D eigenvalue weighted by molar-refractivity contribution is 7.98. The Morgan fingerprint density at radius 1 is 1.40 bits per heavy atom. The molecule has 1 aliphatic carbocycles. The maximum atomic E-state index is 12.7. The zero-order valence-corrected chi connectivity index (χ0v) is 19.5. The highest BCUT2D eigenvalue weighted by Gasteiger charge is 2.41. The molecule has 1 saturated heterocycles. The summed E-state index contributed by atoms with van der Waals surface area (Å²) < 4.78 is 0. The van der Waals surface area contributed by atoms with Gasteiger partial charge in [0.05, 0.1) is 11.1 Å². The highest BCUT2D eigenvalue weighted by Crippen LogP contribution is 2.46. The third-order valence-corrected chi connectivity index (χ3v) is 7.73. The van der Waals surface area contributed by atoms with Gasteiger partial charge in [-0.25, -0.2) is 4.79 Å². The lowest BCUT2D eigenvalue weighted by Crippen LogP contribution is -2.56. The fourth-order valence-electron chi connectivity index (χ4n) is 5.39. The van der Waals surface area contributed by atoms with E-state index in [0.29, 0.717) is 12.0 Å². The van der Waals surface area contributed by atoms with Crippen LogP contribution in [-0.4, -0.2) is 70.9 Å². The molecule has 0 saturated carbocycles. The number of carbonyl (C=O) groups excluding carboxylic acids is 1. The number of hydrogen-bond acceptors (Lipinski definition) is 4. The number of rotatable bonds is 5. The molecule has 3 N–H and O–H groups in total. The first kappa shape index (κ1) is 21.5. The number of aliphatic hydroxyl groups is 1. The van der Waals surface area contributed by atoms with Crippen molar-refractivity contribution >= 4 is 28.7 Å². The SMILES string of the molecule is CCN(CC)C(=O)N[C@H]1CC2c3cc(C(C)O)cc4[nH]c(SC)c(c34)C[C@H]2N(C)C1. The number of benzene rings is 1. The Morgan fingerprint density at radius 2 is 2.13 bits per heavy atom. The molecular weight excluding hydrogens is 396 g/mol. The van der Waals surface area contributed by atoms with Crippen molar-refractivity contribution in [2.45, 2.75) is 62.7 Å². The molecule has 2 aromatic rings. The second kappa shape index (κ2) is 8.44. The van der Waals surface area contributed by atoms with Gasteiger partial charge in [-0.1, -0.05) is 6.07 Å². The minimum Gasteiger partial charge on any atom is -0.389 e. The molecule has 1 aromatic carbocycles. The van der Waals surface area contributed by atoms with Gasteiger partial charge in [-0.3, -0.25) is 0 Å². The monoisotopic (exact) mass is 430 g/mol. The fourth-order valence-corrected chi connectivity index (χ4v) is 6.03. The number of aliphatic hydroxyl groups excluding tert-OH is 1. The van der Waals surface area contributed by atoms with E-state index in [0.717, 1.165) is 43.6 Å². The van der Waals surface area contributed by atoms with Crippen LogP contribution in [0.5, 0.6) is 0 Å². The van der Waals surface area contributed by atoms with E-state index in [4.69, 9.17) is 0 Å². The molecule has 1 fully saturated rings. The molecule has 2 aliphatic rings. The zero-order chi connectivity index (χ0) is 21.6. The van der Waals surface area contributed by atoms with E-state index in [-0.39, 0.29) is 12.1 Å². The van der Waals surface area contributed by atoms with E-state index in [1.165, 1.54) is 21.5 Å². The molecule has 7 heteroatoms. The van der Waals surface area contributed by atoms with Gasteiger partial charge in [0.1, 0.15) is 0 Å². The van der Waals surface area contributed by atoms with Gasteiger partial charge in [0.25, 0.3) is 0 Å². The summed E-state index contributed by atoms with van der Waals surface area (Å²) in [5, 5.41) is 16.1. The van der Waals surface area contributed by atoms with Gasteiger partial charge < -0.3 is 25.2 Å². The molecule has 4 atom stereocenters. The van der Waals surface area contributed by atoms with Crippen LogP contribution in [0.15, 0.2) is 17.2 Å². The van der Waals surface area contributed by atoms with Crippen molar-refractivity contribution < 1.29 is 9.90 Å². The van der Waals surface area contributed by atoms with E-state index in [2.05, 4.69) is 40.6 Å². The minimum atomic E-state index is -0.505. The summed E-state index contributed by atoms with van der Waals surface area (Å²) in [5.41, 5.74) is 4.80. The van der Waals surface area contributed by atoms with Crippen molar-refractivity contribution in [2.75, 3.05) is 32.9 Å². The van der Waals surface area contributed by atoms with Crippen LogP contribution in [0.3, 0.4) is 0 Å². The number of likely N-dealkylation sites (N-methyl/N-ethyl adjacent to an activating group) is 1. The van der Waals surface area contributed by atoms with Crippen LogP contribution in [0.25, 0.3) is 10.9 Å². The summed E-state index contributed by atoms with van der Waals surface area (Å²) >= 11 is 1.76. The summed E-state index contributed by atoms with van der Waals surface area (Å²) in [5.74, 6) is 0.338. The standard InChI is InChI=1S/C23H34N4O2S/c1-6-27(7-2)23(29)24-15-10-16-17-8-14(13(3)28)9-19-21(17)18(22(25-19)30-5)11-20(16)26(4)12-15/h8-9,13,15-16,20,25,28H,6-7,10-12H2,1-5H3,(H,24,29)/t13?,15-,16?,20+/m0/s1. The average Bonchev–Trinajstić information content (AvgIpc) is 3.08. The van der Waals surface area contributed by atoms with Gasteiger partial charge in [-0.15, -0.1) is 11.8 Å². The molecule has 4 rings (SSSR count). The van der Waals surface area contributed by atoms with Crippen LogP contribution in [0.4, 0.5) is 4.79 Å². The number of urea groups is 1. The summed E-state index contributed by atoms with van der Waals surface area (Å²) in [4.78, 5) is 20.5. The van der Waals surface area contributed by atoms with E-state index in [1.54, 1.807) is 11.8 Å². The number of aromatic nitrogens is 1. The number of H-pyrrole nitrogens is 1. The first-order valence-electron chi connectivity index (χ1n) is 11.0. The summed E-state index contributed by atoms with van der Waals surface area (Å²) in [6.07, 6.45) is 3.57. The summed E-state index contributed by atoms with van der Waals surface area (Å²) in [6.45, 7) is 8.16. The molecular formula is C23H34N4O2S. The van der Waals surface area contributed by atoms with Crippen LogP contribution in [-0.2, 0) is 6.42 Å². The number of nitrogens with one attached hydrogen (secondary N) is 2. The Bertz CT molecular complexity index is 937. The average molecular weight is 431 g/mol. The minimum absolute atomic E-state index is 0.0301. The Balaban J connectivity index is 1.72. The number of carbonyl (C=O) groups is 1. The quantitative estimate of drug-likeness (QED) is 0.633. The largest absolute Gasteiger partial charge is 0.389 e. The molecule has 1 aromatic heterocycles. The summed E-state index contributed by atoms with van der Waals surface area (Å²) in [7, 11) is 2.18. The number of thioether (sulfide) groups is 1. The second-order valence-corrected chi connectivity index (χ2v) is 9.53. The first-order valence-corrected chi connectivity index (χ1v) is 12.3. The van der Waals surface area contributed by atoms with Crippen LogP contribution in [0, 0.1) is 0 Å².